The second-order valence-electron chi connectivity index (χ2n) is 7.62. The highest BCUT2D eigenvalue weighted by Crippen LogP contribution is 2.42. The quantitative estimate of drug-likeness (QED) is 0.639. The van der Waals surface area contributed by atoms with Gasteiger partial charge in [0, 0.05) is 11.1 Å². The van der Waals surface area contributed by atoms with Crippen molar-refractivity contribution < 1.29 is 17.9 Å². The van der Waals surface area contributed by atoms with Crippen LogP contribution in [0.1, 0.15) is 12.5 Å². The minimum Gasteiger partial charge on any atom is -0.491 e. The molecule has 1 aliphatic rings. The van der Waals surface area contributed by atoms with E-state index in [1.807, 2.05) is 56.3 Å². The van der Waals surface area contributed by atoms with Gasteiger partial charge in [-0.1, -0.05) is 54.1 Å². The highest BCUT2D eigenvalue weighted by molar-refractivity contribution is 7.93. The number of para-hydroxylation sites is 1. The highest BCUT2D eigenvalue weighted by Gasteiger charge is 2.35. The van der Waals surface area contributed by atoms with E-state index in [1.54, 1.807) is 30.3 Å². The lowest BCUT2D eigenvalue weighted by Gasteiger charge is -2.31. The van der Waals surface area contributed by atoms with Crippen molar-refractivity contribution in [2.75, 3.05) is 17.5 Å². The molecule has 0 unspecified atom stereocenters. The summed E-state index contributed by atoms with van der Waals surface area (Å²) in [6.07, 6.45) is 0. The van der Waals surface area contributed by atoms with Gasteiger partial charge in [0.05, 0.1) is 16.6 Å². The molecule has 0 bridgehead atoms. The number of benzene rings is 3. The zero-order valence-electron chi connectivity index (χ0n) is 17.4. The summed E-state index contributed by atoms with van der Waals surface area (Å²) in [6, 6.07) is 21.4. The topological polar surface area (TPSA) is 75.7 Å². The molecular weight excluding hydrogens is 412 g/mol. The largest absolute Gasteiger partial charge is 0.491 e. The number of hydrogen-bond donors (Lipinski definition) is 1. The standard InChI is InChI=1S/C24H24N2O4S/c1-17-11-13-19(14-12-17)30-16-18(2)25-24(27)15-26-22-9-5-3-7-20(22)21-8-4-6-10-23(21)31(26,28)29/h3-14,18H,15-16H2,1-2H3,(H,25,27)/t18-/m0/s1. The highest BCUT2D eigenvalue weighted by atomic mass is 32.2. The van der Waals surface area contributed by atoms with Crippen molar-refractivity contribution in [3.63, 3.8) is 0 Å². The van der Waals surface area contributed by atoms with E-state index in [-0.39, 0.29) is 24.1 Å². The van der Waals surface area contributed by atoms with E-state index < -0.39 is 15.9 Å². The van der Waals surface area contributed by atoms with Crippen LogP contribution in [-0.4, -0.2) is 33.5 Å². The summed E-state index contributed by atoms with van der Waals surface area (Å²) in [5.41, 5.74) is 3.07. The zero-order chi connectivity index (χ0) is 22.0. The fourth-order valence-corrected chi connectivity index (χ4v) is 5.25. The maximum Gasteiger partial charge on any atom is 0.265 e. The Morgan fingerprint density at radius 1 is 0.968 bits per heavy atom. The molecule has 160 valence electrons. The first kappa shape index (κ1) is 20.9. The summed E-state index contributed by atoms with van der Waals surface area (Å²) in [5, 5.41) is 2.83. The van der Waals surface area contributed by atoms with Crippen LogP contribution in [0.15, 0.2) is 77.7 Å². The first-order valence-electron chi connectivity index (χ1n) is 10.1. The van der Waals surface area contributed by atoms with Gasteiger partial charge >= 0.3 is 0 Å². The van der Waals surface area contributed by atoms with Gasteiger partial charge in [0.25, 0.3) is 10.0 Å². The van der Waals surface area contributed by atoms with Crippen LogP contribution in [0.3, 0.4) is 0 Å². The number of anilines is 1. The first-order chi connectivity index (χ1) is 14.9. The molecule has 31 heavy (non-hydrogen) atoms. The van der Waals surface area contributed by atoms with Crippen LogP contribution in [0.2, 0.25) is 0 Å². The Morgan fingerprint density at radius 2 is 1.61 bits per heavy atom. The number of carbonyl (C=O) groups excluding carboxylic acids is 1. The fraction of sp³-hybridized carbons (Fsp3) is 0.208. The molecule has 0 fully saturated rings. The van der Waals surface area contributed by atoms with E-state index in [0.717, 1.165) is 16.9 Å². The molecule has 1 N–H and O–H groups in total. The third-order valence-corrected chi connectivity index (χ3v) is 6.95. The summed E-state index contributed by atoms with van der Waals surface area (Å²) in [7, 11) is -3.85. The molecule has 0 spiro atoms. The van der Waals surface area contributed by atoms with E-state index in [0.29, 0.717) is 11.3 Å². The third-order valence-electron chi connectivity index (χ3n) is 5.13. The lowest BCUT2D eigenvalue weighted by molar-refractivity contribution is -0.120. The van der Waals surface area contributed by atoms with Gasteiger partial charge in [-0.05, 0) is 38.1 Å². The molecule has 3 aromatic rings. The van der Waals surface area contributed by atoms with Crippen LogP contribution in [0.25, 0.3) is 11.1 Å². The lowest BCUT2D eigenvalue weighted by atomic mass is 10.0. The van der Waals surface area contributed by atoms with Crippen molar-refractivity contribution in [3.05, 3.63) is 78.4 Å². The average molecular weight is 437 g/mol. The van der Waals surface area contributed by atoms with Crippen molar-refractivity contribution >= 4 is 21.6 Å². The van der Waals surface area contributed by atoms with E-state index in [4.69, 9.17) is 4.74 Å². The van der Waals surface area contributed by atoms with Gasteiger partial charge in [-0.3, -0.25) is 9.10 Å². The molecule has 4 rings (SSSR count). The van der Waals surface area contributed by atoms with Crippen LogP contribution in [-0.2, 0) is 14.8 Å². The Hall–Kier alpha value is -3.32. The summed E-state index contributed by atoms with van der Waals surface area (Å²) in [6.45, 7) is 3.79. The van der Waals surface area contributed by atoms with Gasteiger partial charge in [-0.2, -0.15) is 0 Å². The first-order valence-corrected chi connectivity index (χ1v) is 11.5. The number of carbonyl (C=O) groups is 1. The van der Waals surface area contributed by atoms with Gasteiger partial charge < -0.3 is 10.1 Å². The zero-order valence-corrected chi connectivity index (χ0v) is 18.2. The Labute approximate surface area is 182 Å². The smallest absolute Gasteiger partial charge is 0.265 e. The number of aryl methyl sites for hydroxylation is 1. The fourth-order valence-electron chi connectivity index (χ4n) is 3.60. The van der Waals surface area contributed by atoms with Crippen LogP contribution >= 0.6 is 0 Å². The van der Waals surface area contributed by atoms with E-state index in [1.165, 1.54) is 4.31 Å². The van der Waals surface area contributed by atoms with Crippen molar-refractivity contribution in [2.24, 2.45) is 0 Å². The number of sulfonamides is 1. The average Bonchev–Trinajstić information content (AvgIpc) is 2.76. The molecule has 6 nitrogen and oxygen atoms in total. The monoisotopic (exact) mass is 436 g/mol. The number of nitrogens with zero attached hydrogens (tertiary/aromatic N) is 1. The summed E-state index contributed by atoms with van der Waals surface area (Å²) < 4.78 is 33.4. The number of ether oxygens (including phenoxy) is 1. The number of amides is 1. The predicted molar refractivity (Wildman–Crippen MR) is 121 cm³/mol. The maximum absolute atomic E-state index is 13.2. The van der Waals surface area contributed by atoms with Gasteiger partial charge in [-0.15, -0.1) is 0 Å². The Bertz CT molecular complexity index is 1210. The number of hydrogen-bond acceptors (Lipinski definition) is 4. The normalized spacial score (nSPS) is 14.8. The molecule has 0 radical (unpaired) electrons. The van der Waals surface area contributed by atoms with Crippen molar-refractivity contribution in [1.29, 1.82) is 0 Å². The van der Waals surface area contributed by atoms with E-state index in [9.17, 15) is 13.2 Å². The molecule has 0 aromatic heterocycles. The molecule has 0 aliphatic carbocycles. The Morgan fingerprint density at radius 3 is 2.35 bits per heavy atom. The molecule has 0 saturated heterocycles. The molecular formula is C24H24N2O4S. The van der Waals surface area contributed by atoms with Crippen molar-refractivity contribution in [3.8, 4) is 16.9 Å². The summed E-state index contributed by atoms with van der Waals surface area (Å²) >= 11 is 0. The van der Waals surface area contributed by atoms with E-state index in [2.05, 4.69) is 5.32 Å². The van der Waals surface area contributed by atoms with Crippen LogP contribution < -0.4 is 14.4 Å². The molecule has 1 heterocycles. The molecule has 1 aliphatic heterocycles. The maximum atomic E-state index is 13.2. The van der Waals surface area contributed by atoms with E-state index >= 15 is 0 Å². The lowest BCUT2D eigenvalue weighted by Crippen LogP contribution is -2.46. The second-order valence-corrected chi connectivity index (χ2v) is 9.45. The van der Waals surface area contributed by atoms with Crippen LogP contribution in [0.5, 0.6) is 5.75 Å². The Kier molecular flexibility index (Phi) is 5.69. The van der Waals surface area contributed by atoms with Crippen molar-refractivity contribution in [2.45, 2.75) is 24.8 Å². The second kappa shape index (κ2) is 8.43. The molecule has 3 aromatic carbocycles. The summed E-state index contributed by atoms with van der Waals surface area (Å²) in [5.74, 6) is 0.327. The number of nitrogens with one attached hydrogen (secondary N) is 1. The summed E-state index contributed by atoms with van der Waals surface area (Å²) in [4.78, 5) is 12.9. The molecule has 1 amide bonds. The molecule has 0 saturated carbocycles. The van der Waals surface area contributed by atoms with Crippen LogP contribution in [0, 0.1) is 6.92 Å². The van der Waals surface area contributed by atoms with Crippen LogP contribution in [0.4, 0.5) is 5.69 Å². The predicted octanol–water partition coefficient (Wildman–Crippen LogP) is 3.75. The Balaban J connectivity index is 1.48. The van der Waals surface area contributed by atoms with Gasteiger partial charge in [0.15, 0.2) is 0 Å². The minimum absolute atomic E-state index is 0.206. The van der Waals surface area contributed by atoms with Gasteiger partial charge in [0.1, 0.15) is 18.9 Å². The number of rotatable bonds is 6. The van der Waals surface area contributed by atoms with Crippen molar-refractivity contribution in [1.82, 2.24) is 5.32 Å². The molecule has 7 heteroatoms. The van der Waals surface area contributed by atoms with Gasteiger partial charge in [0.2, 0.25) is 5.91 Å². The SMILES string of the molecule is Cc1ccc(OC[C@H](C)NC(=O)CN2c3ccccc3-c3ccccc3S2(=O)=O)cc1. The third kappa shape index (κ3) is 4.27. The number of fused-ring (bicyclic) bond motifs is 3. The molecule has 1 atom stereocenters. The minimum atomic E-state index is -3.85. The van der Waals surface area contributed by atoms with Gasteiger partial charge in [-0.25, -0.2) is 8.42 Å².